The molecule has 1 aromatic carbocycles. The van der Waals surface area contributed by atoms with Crippen molar-refractivity contribution in [2.24, 2.45) is 0 Å². The van der Waals surface area contributed by atoms with Crippen LogP contribution in [0.3, 0.4) is 0 Å². The summed E-state index contributed by atoms with van der Waals surface area (Å²) in [5, 5.41) is 14.1. The summed E-state index contributed by atoms with van der Waals surface area (Å²) in [6.07, 6.45) is -0.666. The van der Waals surface area contributed by atoms with E-state index in [1.807, 2.05) is 32.9 Å². The summed E-state index contributed by atoms with van der Waals surface area (Å²) in [6.45, 7) is 7.52. The van der Waals surface area contributed by atoms with Crippen molar-refractivity contribution >= 4 is 17.7 Å². The lowest BCUT2D eigenvalue weighted by Crippen LogP contribution is -2.55. The lowest BCUT2D eigenvalue weighted by molar-refractivity contribution is 0.00192. The van der Waals surface area contributed by atoms with Crippen molar-refractivity contribution in [3.8, 4) is 5.75 Å². The summed E-state index contributed by atoms with van der Waals surface area (Å²) in [5.41, 5.74) is -0.543. The molecular weight excluding hydrogens is 344 g/mol. The van der Waals surface area contributed by atoms with Crippen LogP contribution in [-0.2, 0) is 4.74 Å². The van der Waals surface area contributed by atoms with Crippen LogP contribution in [0.1, 0.15) is 27.2 Å². The van der Waals surface area contributed by atoms with E-state index in [9.17, 15) is 9.90 Å². The van der Waals surface area contributed by atoms with Gasteiger partial charge < -0.3 is 24.8 Å². The van der Waals surface area contributed by atoms with Crippen molar-refractivity contribution in [3.05, 3.63) is 29.3 Å². The third kappa shape index (κ3) is 6.38. The molecule has 1 aliphatic heterocycles. The van der Waals surface area contributed by atoms with Gasteiger partial charge in [0.15, 0.2) is 0 Å². The summed E-state index contributed by atoms with van der Waals surface area (Å²) in [6, 6.07) is 6.98. The van der Waals surface area contributed by atoms with Gasteiger partial charge >= 0.3 is 6.09 Å². The quantitative estimate of drug-likeness (QED) is 0.833. The fraction of sp³-hybridized carbons (Fsp3) is 0.611. The van der Waals surface area contributed by atoms with Crippen molar-refractivity contribution in [2.45, 2.75) is 44.9 Å². The second-order valence-corrected chi connectivity index (χ2v) is 7.57. The molecule has 1 saturated heterocycles. The molecule has 0 aliphatic carbocycles. The highest BCUT2D eigenvalue weighted by Gasteiger charge is 2.31. The van der Waals surface area contributed by atoms with Gasteiger partial charge in [0.05, 0.1) is 17.2 Å². The first-order valence-electron chi connectivity index (χ1n) is 8.52. The minimum absolute atomic E-state index is 0.113. The van der Waals surface area contributed by atoms with Gasteiger partial charge in [0.25, 0.3) is 0 Å². The molecule has 2 atom stereocenters. The van der Waals surface area contributed by atoms with Crippen LogP contribution in [-0.4, -0.2) is 60.1 Å². The summed E-state index contributed by atoms with van der Waals surface area (Å²) in [5.74, 6) is 0.536. The van der Waals surface area contributed by atoms with Gasteiger partial charge in [-0.3, -0.25) is 0 Å². The highest BCUT2D eigenvalue weighted by Crippen LogP contribution is 2.23. The smallest absolute Gasteiger partial charge is 0.410 e. The number of nitrogens with one attached hydrogen (secondary N) is 1. The topological polar surface area (TPSA) is 71.0 Å². The number of benzene rings is 1. The molecule has 2 rings (SSSR count). The minimum atomic E-state index is -0.717. The Morgan fingerprint density at radius 3 is 2.84 bits per heavy atom. The van der Waals surface area contributed by atoms with E-state index in [-0.39, 0.29) is 18.7 Å². The summed E-state index contributed by atoms with van der Waals surface area (Å²) in [4.78, 5) is 14.1. The number of aliphatic hydroxyl groups excluding tert-OH is 1. The first-order valence-corrected chi connectivity index (χ1v) is 8.90. The SMILES string of the molecule is CC(C)(C)OC(=O)N1CCNCC1CC(O)COc1ccccc1Cl. The molecule has 1 aromatic rings. The van der Waals surface area contributed by atoms with Crippen molar-refractivity contribution in [1.82, 2.24) is 10.2 Å². The summed E-state index contributed by atoms with van der Waals surface area (Å²) < 4.78 is 11.0. The Bertz CT molecular complexity index is 576. The zero-order valence-corrected chi connectivity index (χ0v) is 15.8. The van der Waals surface area contributed by atoms with E-state index in [0.29, 0.717) is 36.8 Å². The normalized spacial score (nSPS) is 19.4. The Labute approximate surface area is 154 Å². The number of piperazine rings is 1. The van der Waals surface area contributed by atoms with Crippen molar-refractivity contribution < 1.29 is 19.4 Å². The Morgan fingerprint density at radius 2 is 2.16 bits per heavy atom. The van der Waals surface area contributed by atoms with E-state index in [1.54, 1.807) is 17.0 Å². The lowest BCUT2D eigenvalue weighted by atomic mass is 10.1. The third-order valence-electron chi connectivity index (χ3n) is 3.79. The maximum Gasteiger partial charge on any atom is 0.410 e. The molecule has 1 amide bonds. The Kier molecular flexibility index (Phi) is 6.93. The predicted molar refractivity (Wildman–Crippen MR) is 97.2 cm³/mol. The molecule has 0 bridgehead atoms. The van der Waals surface area contributed by atoms with E-state index in [4.69, 9.17) is 21.1 Å². The Morgan fingerprint density at radius 1 is 1.44 bits per heavy atom. The van der Waals surface area contributed by atoms with Gasteiger partial charge in [0.2, 0.25) is 0 Å². The summed E-state index contributed by atoms with van der Waals surface area (Å²) >= 11 is 6.04. The largest absolute Gasteiger partial charge is 0.489 e. The van der Waals surface area contributed by atoms with Gasteiger partial charge in [-0.05, 0) is 39.3 Å². The average Bonchev–Trinajstić information content (AvgIpc) is 2.53. The van der Waals surface area contributed by atoms with Gasteiger partial charge in [0, 0.05) is 19.6 Å². The number of hydrogen-bond donors (Lipinski definition) is 2. The van der Waals surface area contributed by atoms with Crippen LogP contribution < -0.4 is 10.1 Å². The number of carbonyl (C=O) groups is 1. The molecule has 0 radical (unpaired) electrons. The van der Waals surface area contributed by atoms with Gasteiger partial charge in [-0.25, -0.2) is 4.79 Å². The van der Waals surface area contributed by atoms with E-state index in [2.05, 4.69) is 5.32 Å². The Balaban J connectivity index is 1.89. The number of carbonyl (C=O) groups excluding carboxylic acids is 1. The molecular formula is C18H27ClN2O4. The number of nitrogens with zero attached hydrogens (tertiary/aromatic N) is 1. The van der Waals surface area contributed by atoms with E-state index in [0.717, 1.165) is 0 Å². The van der Waals surface area contributed by atoms with Crippen molar-refractivity contribution in [3.63, 3.8) is 0 Å². The molecule has 0 aromatic heterocycles. The number of hydrogen-bond acceptors (Lipinski definition) is 5. The molecule has 2 N–H and O–H groups in total. The molecule has 0 spiro atoms. The number of aliphatic hydroxyl groups is 1. The predicted octanol–water partition coefficient (Wildman–Crippen LogP) is 2.68. The number of ether oxygens (including phenoxy) is 2. The maximum atomic E-state index is 12.4. The first kappa shape index (κ1) is 19.8. The van der Waals surface area contributed by atoms with Crippen LogP contribution in [0, 0.1) is 0 Å². The minimum Gasteiger partial charge on any atom is -0.489 e. The van der Waals surface area contributed by atoms with E-state index in [1.165, 1.54) is 0 Å². The molecule has 7 heteroatoms. The number of para-hydroxylation sites is 1. The molecule has 1 heterocycles. The second kappa shape index (κ2) is 8.74. The molecule has 6 nitrogen and oxygen atoms in total. The average molecular weight is 371 g/mol. The lowest BCUT2D eigenvalue weighted by Gasteiger charge is -2.38. The molecule has 2 unspecified atom stereocenters. The third-order valence-corrected chi connectivity index (χ3v) is 4.10. The van der Waals surface area contributed by atoms with Crippen molar-refractivity contribution in [2.75, 3.05) is 26.2 Å². The van der Waals surface area contributed by atoms with Gasteiger partial charge in [-0.1, -0.05) is 23.7 Å². The zero-order valence-electron chi connectivity index (χ0n) is 15.0. The van der Waals surface area contributed by atoms with E-state index < -0.39 is 11.7 Å². The monoisotopic (exact) mass is 370 g/mol. The van der Waals surface area contributed by atoms with Gasteiger partial charge in [0.1, 0.15) is 18.0 Å². The highest BCUT2D eigenvalue weighted by atomic mass is 35.5. The highest BCUT2D eigenvalue weighted by molar-refractivity contribution is 6.32. The molecule has 0 saturated carbocycles. The van der Waals surface area contributed by atoms with Gasteiger partial charge in [-0.2, -0.15) is 0 Å². The fourth-order valence-corrected chi connectivity index (χ4v) is 2.85. The van der Waals surface area contributed by atoms with Crippen LogP contribution >= 0.6 is 11.6 Å². The van der Waals surface area contributed by atoms with Crippen LogP contribution in [0.2, 0.25) is 5.02 Å². The van der Waals surface area contributed by atoms with Crippen LogP contribution in [0.5, 0.6) is 5.75 Å². The number of halogens is 1. The molecule has 25 heavy (non-hydrogen) atoms. The van der Waals surface area contributed by atoms with Crippen LogP contribution in [0.15, 0.2) is 24.3 Å². The summed E-state index contributed by atoms with van der Waals surface area (Å²) in [7, 11) is 0. The van der Waals surface area contributed by atoms with E-state index >= 15 is 0 Å². The maximum absolute atomic E-state index is 12.4. The van der Waals surface area contributed by atoms with Crippen LogP contribution in [0.4, 0.5) is 4.79 Å². The number of rotatable bonds is 5. The molecule has 1 aliphatic rings. The first-order chi connectivity index (χ1) is 11.8. The zero-order chi connectivity index (χ0) is 18.4. The molecule has 140 valence electrons. The Hall–Kier alpha value is -1.50. The fourth-order valence-electron chi connectivity index (χ4n) is 2.66. The molecule has 1 fully saturated rings. The standard InChI is InChI=1S/C18H27ClN2O4/c1-18(2,3)25-17(23)21-9-8-20-11-13(21)10-14(22)12-24-16-7-5-4-6-15(16)19/h4-7,13-14,20,22H,8-12H2,1-3H3. The van der Waals surface area contributed by atoms with Crippen molar-refractivity contribution in [1.29, 1.82) is 0 Å². The second-order valence-electron chi connectivity index (χ2n) is 7.16. The van der Waals surface area contributed by atoms with Gasteiger partial charge in [-0.15, -0.1) is 0 Å². The number of amides is 1. The van der Waals surface area contributed by atoms with Crippen LogP contribution in [0.25, 0.3) is 0 Å².